The molecular formula is C25H26N2O4S2. The first kappa shape index (κ1) is 23.4. The van der Waals surface area contributed by atoms with Gasteiger partial charge >= 0.3 is 0 Å². The Balaban J connectivity index is 1.43. The van der Waals surface area contributed by atoms with E-state index in [1.54, 1.807) is 23.5 Å². The molecular weight excluding hydrogens is 456 g/mol. The Morgan fingerprint density at radius 2 is 1.73 bits per heavy atom. The van der Waals surface area contributed by atoms with E-state index in [0.717, 1.165) is 10.4 Å². The lowest BCUT2D eigenvalue weighted by Crippen LogP contribution is -2.43. The van der Waals surface area contributed by atoms with Crippen molar-refractivity contribution in [1.29, 1.82) is 0 Å². The number of carbonyl (C=O) groups excluding carboxylic acids is 2. The maximum atomic E-state index is 13.1. The molecule has 1 amide bonds. The number of hydrogen-bond acceptors (Lipinski definition) is 5. The second kappa shape index (κ2) is 9.99. The van der Waals surface area contributed by atoms with E-state index in [0.29, 0.717) is 18.4 Å². The first-order chi connectivity index (χ1) is 15.9. The first-order valence-electron chi connectivity index (χ1n) is 10.9. The number of rotatable bonds is 7. The molecule has 8 heteroatoms. The topological polar surface area (TPSA) is 83.6 Å². The molecule has 0 bridgehead atoms. The van der Waals surface area contributed by atoms with Crippen molar-refractivity contribution in [2.75, 3.05) is 13.1 Å². The van der Waals surface area contributed by atoms with Crippen LogP contribution in [0.4, 0.5) is 0 Å². The van der Waals surface area contributed by atoms with Crippen LogP contribution < -0.4 is 5.32 Å². The number of benzene rings is 2. The van der Waals surface area contributed by atoms with Gasteiger partial charge in [0.1, 0.15) is 0 Å². The Labute approximate surface area is 198 Å². The smallest absolute Gasteiger partial charge is 0.243 e. The van der Waals surface area contributed by atoms with Crippen LogP contribution in [0.3, 0.4) is 0 Å². The summed E-state index contributed by atoms with van der Waals surface area (Å²) in [4.78, 5) is 25.9. The van der Waals surface area contributed by atoms with Crippen LogP contribution in [0, 0.1) is 5.92 Å². The third-order valence-corrected chi connectivity index (χ3v) is 8.78. The van der Waals surface area contributed by atoms with Crippen LogP contribution in [-0.4, -0.2) is 37.5 Å². The molecule has 1 atom stereocenters. The molecule has 1 saturated heterocycles. The minimum atomic E-state index is -3.72. The molecule has 4 rings (SSSR count). The van der Waals surface area contributed by atoms with Gasteiger partial charge < -0.3 is 5.32 Å². The highest BCUT2D eigenvalue weighted by Gasteiger charge is 2.33. The average molecular weight is 483 g/mol. The highest BCUT2D eigenvalue weighted by atomic mass is 32.2. The number of amides is 1. The summed E-state index contributed by atoms with van der Waals surface area (Å²) in [7, 11) is -3.72. The van der Waals surface area contributed by atoms with Crippen molar-refractivity contribution < 1.29 is 18.0 Å². The van der Waals surface area contributed by atoms with Crippen molar-refractivity contribution in [1.82, 2.24) is 9.62 Å². The number of hydrogen-bond donors (Lipinski definition) is 1. The van der Waals surface area contributed by atoms with E-state index in [2.05, 4.69) is 5.32 Å². The van der Waals surface area contributed by atoms with Gasteiger partial charge in [-0.2, -0.15) is 4.31 Å². The van der Waals surface area contributed by atoms with Crippen LogP contribution in [0.2, 0.25) is 0 Å². The van der Waals surface area contributed by atoms with E-state index < -0.39 is 10.0 Å². The van der Waals surface area contributed by atoms with Crippen LogP contribution in [-0.2, 0) is 14.8 Å². The normalized spacial score (nSPS) is 16.3. The summed E-state index contributed by atoms with van der Waals surface area (Å²) in [5.41, 5.74) is 1.38. The standard InChI is InChI=1S/C25H26N2O4S2/c1-18(28)21-9-5-10-22(17-21)33(30,31)27-14-12-20(13-15-27)25(29)26-24(23-11-6-16-32-23)19-7-3-2-4-8-19/h2-11,16-17,20,24H,12-15H2,1H3,(H,26,29). The van der Waals surface area contributed by atoms with Gasteiger partial charge in [0, 0.05) is 29.4 Å². The monoisotopic (exact) mass is 482 g/mol. The van der Waals surface area contributed by atoms with Crippen molar-refractivity contribution in [2.24, 2.45) is 5.92 Å². The molecule has 33 heavy (non-hydrogen) atoms. The molecule has 0 saturated carbocycles. The Morgan fingerprint density at radius 3 is 2.36 bits per heavy atom. The van der Waals surface area contributed by atoms with Gasteiger partial charge in [-0.25, -0.2) is 8.42 Å². The maximum Gasteiger partial charge on any atom is 0.243 e. The fourth-order valence-electron chi connectivity index (χ4n) is 4.06. The lowest BCUT2D eigenvalue weighted by Gasteiger charge is -2.31. The summed E-state index contributed by atoms with van der Waals surface area (Å²) in [5, 5.41) is 5.16. The van der Waals surface area contributed by atoms with Crippen LogP contribution in [0.1, 0.15) is 46.6 Å². The van der Waals surface area contributed by atoms with Crippen molar-refractivity contribution >= 4 is 33.1 Å². The van der Waals surface area contributed by atoms with Crippen molar-refractivity contribution in [3.63, 3.8) is 0 Å². The number of thiophene rings is 1. The van der Waals surface area contributed by atoms with Crippen LogP contribution >= 0.6 is 11.3 Å². The number of Topliss-reactive ketones (excluding diaryl/α,β-unsaturated/α-hetero) is 1. The number of sulfonamides is 1. The fraction of sp³-hybridized carbons (Fsp3) is 0.280. The van der Waals surface area contributed by atoms with Gasteiger partial charge in [0.25, 0.3) is 0 Å². The number of piperidine rings is 1. The summed E-state index contributed by atoms with van der Waals surface area (Å²) >= 11 is 1.59. The second-order valence-corrected chi connectivity index (χ2v) is 11.0. The number of nitrogens with zero attached hydrogens (tertiary/aromatic N) is 1. The van der Waals surface area contributed by atoms with Gasteiger partial charge in [0.15, 0.2) is 5.78 Å². The SMILES string of the molecule is CC(=O)c1cccc(S(=O)(=O)N2CCC(C(=O)NC(c3ccccc3)c3cccs3)CC2)c1. The molecule has 1 aliphatic heterocycles. The van der Waals surface area contributed by atoms with Crippen LogP contribution in [0.25, 0.3) is 0 Å². The number of ketones is 1. The molecule has 1 aromatic heterocycles. The molecule has 0 radical (unpaired) electrons. The Kier molecular flexibility index (Phi) is 7.07. The van der Waals surface area contributed by atoms with E-state index in [4.69, 9.17) is 0 Å². The molecule has 1 aliphatic rings. The minimum Gasteiger partial charge on any atom is -0.344 e. The van der Waals surface area contributed by atoms with Crippen molar-refractivity contribution in [3.8, 4) is 0 Å². The van der Waals surface area contributed by atoms with E-state index in [-0.39, 0.29) is 41.6 Å². The Hall–Kier alpha value is -2.81. The molecule has 172 valence electrons. The first-order valence-corrected chi connectivity index (χ1v) is 13.2. The third kappa shape index (κ3) is 5.24. The number of nitrogens with one attached hydrogen (secondary N) is 1. The summed E-state index contributed by atoms with van der Waals surface area (Å²) < 4.78 is 27.6. The molecule has 0 spiro atoms. The molecule has 0 aliphatic carbocycles. The molecule has 6 nitrogen and oxygen atoms in total. The number of carbonyl (C=O) groups is 2. The lowest BCUT2D eigenvalue weighted by molar-refractivity contribution is -0.126. The Bertz CT molecular complexity index is 1220. The summed E-state index contributed by atoms with van der Waals surface area (Å²) in [6.07, 6.45) is 0.896. The molecule has 1 fully saturated rings. The van der Waals surface area contributed by atoms with Gasteiger partial charge in [-0.05, 0) is 48.9 Å². The zero-order valence-corrected chi connectivity index (χ0v) is 19.9. The predicted octanol–water partition coefficient (Wildman–Crippen LogP) is 4.26. The largest absolute Gasteiger partial charge is 0.344 e. The Morgan fingerprint density at radius 1 is 1.00 bits per heavy atom. The third-order valence-electron chi connectivity index (χ3n) is 5.95. The zero-order valence-electron chi connectivity index (χ0n) is 18.3. The van der Waals surface area contributed by atoms with Crippen LogP contribution in [0.5, 0.6) is 0 Å². The highest BCUT2D eigenvalue weighted by Crippen LogP contribution is 2.29. The second-order valence-electron chi connectivity index (χ2n) is 8.13. The van der Waals surface area contributed by atoms with Crippen LogP contribution in [0.15, 0.2) is 77.0 Å². The molecule has 3 aromatic rings. The quantitative estimate of drug-likeness (QED) is 0.510. The molecule has 2 heterocycles. The zero-order chi connectivity index (χ0) is 23.4. The highest BCUT2D eigenvalue weighted by molar-refractivity contribution is 7.89. The minimum absolute atomic E-state index is 0.0621. The van der Waals surface area contributed by atoms with Gasteiger partial charge in [0.2, 0.25) is 15.9 Å². The summed E-state index contributed by atoms with van der Waals surface area (Å²) in [5.74, 6) is -0.500. The van der Waals surface area contributed by atoms with E-state index in [9.17, 15) is 18.0 Å². The van der Waals surface area contributed by atoms with Gasteiger partial charge in [0.05, 0.1) is 10.9 Å². The summed E-state index contributed by atoms with van der Waals surface area (Å²) in [6, 6.07) is 19.7. The van der Waals surface area contributed by atoms with Gasteiger partial charge in [-0.15, -0.1) is 11.3 Å². The van der Waals surface area contributed by atoms with E-state index in [1.165, 1.54) is 23.4 Å². The molecule has 1 unspecified atom stereocenters. The van der Waals surface area contributed by atoms with Gasteiger partial charge in [-0.3, -0.25) is 9.59 Å². The maximum absolute atomic E-state index is 13.1. The average Bonchev–Trinajstić information content (AvgIpc) is 3.38. The predicted molar refractivity (Wildman–Crippen MR) is 129 cm³/mol. The molecule has 1 N–H and O–H groups in total. The van der Waals surface area contributed by atoms with E-state index in [1.807, 2.05) is 47.8 Å². The fourth-order valence-corrected chi connectivity index (χ4v) is 6.38. The van der Waals surface area contributed by atoms with Crippen molar-refractivity contribution in [2.45, 2.75) is 30.7 Å². The summed E-state index contributed by atoms with van der Waals surface area (Å²) in [6.45, 7) is 1.94. The van der Waals surface area contributed by atoms with Gasteiger partial charge in [-0.1, -0.05) is 48.5 Å². The van der Waals surface area contributed by atoms with E-state index >= 15 is 0 Å². The lowest BCUT2D eigenvalue weighted by atomic mass is 9.96. The molecule has 2 aromatic carbocycles. The van der Waals surface area contributed by atoms with Crippen molar-refractivity contribution in [3.05, 3.63) is 88.1 Å².